The van der Waals surface area contributed by atoms with Crippen molar-refractivity contribution < 1.29 is 13.7 Å². The number of hydrogen-bond donors (Lipinski definition) is 1. The lowest BCUT2D eigenvalue weighted by atomic mass is 10.3. The van der Waals surface area contributed by atoms with Gasteiger partial charge in [-0.25, -0.2) is 9.97 Å². The zero-order valence-electron chi connectivity index (χ0n) is 12.9. The number of nitrogens with zero attached hydrogens (tertiary/aromatic N) is 3. The fraction of sp³-hybridized carbons (Fsp3) is 0.312. The number of nitrogens with one attached hydrogen (secondary N) is 1. The van der Waals surface area contributed by atoms with Gasteiger partial charge in [0.1, 0.15) is 18.6 Å². The van der Waals surface area contributed by atoms with Crippen molar-refractivity contribution >= 4 is 5.82 Å². The van der Waals surface area contributed by atoms with E-state index in [9.17, 15) is 0 Å². The Morgan fingerprint density at radius 3 is 3.09 bits per heavy atom. The molecule has 0 atom stereocenters. The van der Waals surface area contributed by atoms with Crippen LogP contribution in [0.25, 0.3) is 11.5 Å². The molecule has 0 unspecified atom stereocenters. The number of furan rings is 1. The van der Waals surface area contributed by atoms with Crippen LogP contribution in [0, 0.1) is 0 Å². The van der Waals surface area contributed by atoms with Gasteiger partial charge in [0.05, 0.1) is 12.5 Å². The van der Waals surface area contributed by atoms with Gasteiger partial charge >= 0.3 is 0 Å². The summed E-state index contributed by atoms with van der Waals surface area (Å²) in [5.41, 5.74) is 0.666. The summed E-state index contributed by atoms with van der Waals surface area (Å²) in [6, 6.07) is 5.39. The standard InChI is InChI=1S/C16H18N4O3/c1-2-3-6-18-16-15(9-17-11-19-16)22-10-12-8-14(23-20-12)13-5-4-7-21-13/h4-5,7-9,11H,2-3,6,10H2,1H3,(H,17,18,19). The van der Waals surface area contributed by atoms with Gasteiger partial charge in [-0.05, 0) is 18.6 Å². The second-order valence-corrected chi connectivity index (χ2v) is 4.96. The van der Waals surface area contributed by atoms with Crippen LogP contribution in [-0.4, -0.2) is 21.7 Å². The Morgan fingerprint density at radius 1 is 1.30 bits per heavy atom. The monoisotopic (exact) mass is 314 g/mol. The van der Waals surface area contributed by atoms with E-state index in [1.54, 1.807) is 24.6 Å². The molecule has 0 saturated heterocycles. The fourth-order valence-electron chi connectivity index (χ4n) is 2.01. The molecule has 0 aliphatic rings. The summed E-state index contributed by atoms with van der Waals surface area (Å²) in [6.07, 6.45) is 6.90. The van der Waals surface area contributed by atoms with Crippen molar-refractivity contribution in [3.63, 3.8) is 0 Å². The van der Waals surface area contributed by atoms with Gasteiger partial charge in [-0.2, -0.15) is 0 Å². The molecule has 7 nitrogen and oxygen atoms in total. The summed E-state index contributed by atoms with van der Waals surface area (Å²) in [5, 5.41) is 7.21. The minimum absolute atomic E-state index is 0.264. The zero-order valence-corrected chi connectivity index (χ0v) is 12.9. The van der Waals surface area contributed by atoms with Crippen molar-refractivity contribution in [1.82, 2.24) is 15.1 Å². The van der Waals surface area contributed by atoms with Crippen molar-refractivity contribution in [2.75, 3.05) is 11.9 Å². The van der Waals surface area contributed by atoms with Crippen molar-refractivity contribution in [1.29, 1.82) is 0 Å². The van der Waals surface area contributed by atoms with Crippen LogP contribution in [-0.2, 0) is 6.61 Å². The molecular weight excluding hydrogens is 296 g/mol. The van der Waals surface area contributed by atoms with Crippen molar-refractivity contribution in [3.8, 4) is 17.3 Å². The second-order valence-electron chi connectivity index (χ2n) is 4.96. The van der Waals surface area contributed by atoms with Crippen LogP contribution in [0.15, 0.2) is 45.9 Å². The molecule has 1 N–H and O–H groups in total. The van der Waals surface area contributed by atoms with Crippen LogP contribution in [0.1, 0.15) is 25.5 Å². The van der Waals surface area contributed by atoms with Crippen LogP contribution in [0.3, 0.4) is 0 Å². The summed E-state index contributed by atoms with van der Waals surface area (Å²) >= 11 is 0. The Balaban J connectivity index is 1.62. The van der Waals surface area contributed by atoms with Gasteiger partial charge in [0.2, 0.25) is 5.76 Å². The highest BCUT2D eigenvalue weighted by atomic mass is 16.5. The first-order valence-corrected chi connectivity index (χ1v) is 7.53. The highest BCUT2D eigenvalue weighted by Crippen LogP contribution is 2.23. The predicted octanol–water partition coefficient (Wildman–Crippen LogP) is 3.52. The number of unbranched alkanes of at least 4 members (excludes halogenated alkanes) is 1. The molecule has 120 valence electrons. The molecule has 0 radical (unpaired) electrons. The van der Waals surface area contributed by atoms with E-state index >= 15 is 0 Å². The molecule has 23 heavy (non-hydrogen) atoms. The van der Waals surface area contributed by atoms with Crippen molar-refractivity contribution in [2.45, 2.75) is 26.4 Å². The summed E-state index contributed by atoms with van der Waals surface area (Å²) < 4.78 is 16.2. The quantitative estimate of drug-likeness (QED) is 0.636. The molecule has 0 spiro atoms. The lowest BCUT2D eigenvalue weighted by molar-refractivity contribution is 0.289. The molecule has 3 aromatic heterocycles. The molecule has 3 heterocycles. The average Bonchev–Trinajstić information content (AvgIpc) is 3.25. The molecule has 0 bridgehead atoms. The van der Waals surface area contributed by atoms with Gasteiger partial charge < -0.3 is 19.0 Å². The Labute approximate surface area is 133 Å². The summed E-state index contributed by atoms with van der Waals surface area (Å²) in [7, 11) is 0. The van der Waals surface area contributed by atoms with Crippen LogP contribution in [0.5, 0.6) is 5.75 Å². The van der Waals surface area contributed by atoms with Gasteiger partial charge in [-0.1, -0.05) is 18.5 Å². The van der Waals surface area contributed by atoms with Crippen LogP contribution in [0.4, 0.5) is 5.82 Å². The van der Waals surface area contributed by atoms with Crippen molar-refractivity contribution in [2.24, 2.45) is 0 Å². The van der Waals surface area contributed by atoms with Gasteiger partial charge in [-0.15, -0.1) is 0 Å². The van der Waals surface area contributed by atoms with Gasteiger partial charge in [0.15, 0.2) is 17.3 Å². The number of hydrogen-bond acceptors (Lipinski definition) is 7. The van der Waals surface area contributed by atoms with E-state index < -0.39 is 0 Å². The first-order chi connectivity index (χ1) is 11.4. The van der Waals surface area contributed by atoms with Crippen LogP contribution < -0.4 is 10.1 Å². The van der Waals surface area contributed by atoms with E-state index in [1.165, 1.54) is 6.33 Å². The smallest absolute Gasteiger partial charge is 0.202 e. The lowest BCUT2D eigenvalue weighted by Crippen LogP contribution is -2.06. The maximum absolute atomic E-state index is 5.74. The van der Waals surface area contributed by atoms with E-state index in [0.29, 0.717) is 28.8 Å². The molecule has 3 rings (SSSR count). The van der Waals surface area contributed by atoms with E-state index in [1.807, 2.05) is 6.07 Å². The summed E-state index contributed by atoms with van der Waals surface area (Å²) in [4.78, 5) is 8.20. The minimum Gasteiger partial charge on any atom is -0.482 e. The highest BCUT2D eigenvalue weighted by molar-refractivity contribution is 5.50. The van der Waals surface area contributed by atoms with Gasteiger partial charge in [-0.3, -0.25) is 0 Å². The molecular formula is C16H18N4O3. The Hall–Kier alpha value is -2.83. The number of ether oxygens (including phenoxy) is 1. The number of aromatic nitrogens is 3. The van der Waals surface area contributed by atoms with Gasteiger partial charge in [0.25, 0.3) is 0 Å². The van der Waals surface area contributed by atoms with E-state index in [-0.39, 0.29) is 6.61 Å². The Morgan fingerprint density at radius 2 is 2.26 bits per heavy atom. The van der Waals surface area contributed by atoms with Crippen LogP contribution in [0.2, 0.25) is 0 Å². The average molecular weight is 314 g/mol. The summed E-state index contributed by atoms with van der Waals surface area (Å²) in [5.74, 6) is 2.47. The number of rotatable bonds is 8. The Kier molecular flexibility index (Phi) is 4.88. The third-order valence-corrected chi connectivity index (χ3v) is 3.20. The zero-order chi connectivity index (χ0) is 15.9. The molecule has 0 amide bonds. The Bertz CT molecular complexity index is 725. The molecule has 0 aliphatic carbocycles. The first kappa shape index (κ1) is 15.1. The lowest BCUT2D eigenvalue weighted by Gasteiger charge is -2.10. The third-order valence-electron chi connectivity index (χ3n) is 3.20. The molecule has 0 saturated carbocycles. The highest BCUT2D eigenvalue weighted by Gasteiger charge is 2.11. The van der Waals surface area contributed by atoms with E-state index in [0.717, 1.165) is 19.4 Å². The van der Waals surface area contributed by atoms with Crippen molar-refractivity contribution in [3.05, 3.63) is 42.7 Å². The minimum atomic E-state index is 0.264. The predicted molar refractivity (Wildman–Crippen MR) is 84.0 cm³/mol. The molecule has 7 heteroatoms. The normalized spacial score (nSPS) is 10.7. The van der Waals surface area contributed by atoms with Gasteiger partial charge in [0, 0.05) is 12.6 Å². The molecule has 0 fully saturated rings. The molecule has 3 aromatic rings. The fourth-order valence-corrected chi connectivity index (χ4v) is 2.01. The van der Waals surface area contributed by atoms with E-state index in [4.69, 9.17) is 13.7 Å². The third kappa shape index (κ3) is 3.88. The maximum Gasteiger partial charge on any atom is 0.202 e. The van der Waals surface area contributed by atoms with Crippen LogP contribution >= 0.6 is 0 Å². The maximum atomic E-state index is 5.74. The van der Waals surface area contributed by atoms with E-state index in [2.05, 4.69) is 27.4 Å². The molecule has 0 aromatic carbocycles. The first-order valence-electron chi connectivity index (χ1n) is 7.53. The SMILES string of the molecule is CCCCNc1ncncc1OCc1cc(-c2ccco2)on1. The topological polar surface area (TPSA) is 86.2 Å². The largest absolute Gasteiger partial charge is 0.482 e. The number of anilines is 1. The second kappa shape index (κ2) is 7.44. The summed E-state index contributed by atoms with van der Waals surface area (Å²) in [6.45, 7) is 3.25. The molecule has 0 aliphatic heterocycles.